The van der Waals surface area contributed by atoms with Gasteiger partial charge in [-0.2, -0.15) is 0 Å². The quantitative estimate of drug-likeness (QED) is 0.787. The van der Waals surface area contributed by atoms with E-state index in [2.05, 4.69) is 56.2 Å². The monoisotopic (exact) mass is 349 g/mol. The summed E-state index contributed by atoms with van der Waals surface area (Å²) < 4.78 is 6.11. The molecule has 6 nitrogen and oxygen atoms in total. The Morgan fingerprint density at radius 3 is 2.92 bits per heavy atom. The highest BCUT2D eigenvalue weighted by atomic mass is 16.5. The zero-order valence-electron chi connectivity index (χ0n) is 14.9. The Morgan fingerprint density at radius 2 is 2.04 bits per heavy atom. The lowest BCUT2D eigenvalue weighted by Crippen LogP contribution is -2.50. The van der Waals surface area contributed by atoms with E-state index in [9.17, 15) is 0 Å². The van der Waals surface area contributed by atoms with E-state index in [4.69, 9.17) is 9.72 Å². The van der Waals surface area contributed by atoms with Crippen LogP contribution in [0.5, 0.6) is 0 Å². The number of aromatic amines is 1. The van der Waals surface area contributed by atoms with Crippen LogP contribution in [-0.4, -0.2) is 58.2 Å². The molecule has 3 aromatic rings. The summed E-state index contributed by atoms with van der Waals surface area (Å²) in [6, 6.07) is 13.2. The third-order valence-electron chi connectivity index (χ3n) is 5.45. The van der Waals surface area contributed by atoms with Gasteiger partial charge in [-0.3, -0.25) is 4.90 Å². The number of rotatable bonds is 3. The highest BCUT2D eigenvalue weighted by Gasteiger charge is 2.41. The second-order valence-corrected chi connectivity index (χ2v) is 7.17. The van der Waals surface area contributed by atoms with E-state index in [1.807, 2.05) is 13.1 Å². The number of hydrogen-bond acceptors (Lipinski definition) is 5. The van der Waals surface area contributed by atoms with Crippen molar-refractivity contribution in [1.82, 2.24) is 19.9 Å². The number of morpholine rings is 1. The van der Waals surface area contributed by atoms with Gasteiger partial charge >= 0.3 is 0 Å². The minimum Gasteiger partial charge on any atom is -0.373 e. The molecule has 0 bridgehead atoms. The van der Waals surface area contributed by atoms with Crippen molar-refractivity contribution in [2.75, 3.05) is 31.1 Å². The normalized spacial score (nSPS) is 23.5. The summed E-state index contributed by atoms with van der Waals surface area (Å²) in [5.74, 6) is 1.82. The van der Waals surface area contributed by atoms with Crippen LogP contribution < -0.4 is 4.90 Å². The van der Waals surface area contributed by atoms with Crippen molar-refractivity contribution < 1.29 is 4.74 Å². The van der Waals surface area contributed by atoms with E-state index in [0.29, 0.717) is 6.04 Å². The third kappa shape index (κ3) is 2.75. The van der Waals surface area contributed by atoms with Gasteiger partial charge in [0.15, 0.2) is 0 Å². The van der Waals surface area contributed by atoms with E-state index in [0.717, 1.165) is 55.5 Å². The first-order valence-electron chi connectivity index (χ1n) is 9.24. The maximum Gasteiger partial charge on any atom is 0.143 e. The van der Waals surface area contributed by atoms with Crippen molar-refractivity contribution in [3.63, 3.8) is 0 Å². The zero-order chi connectivity index (χ0) is 17.5. The van der Waals surface area contributed by atoms with Crippen LogP contribution in [-0.2, 0) is 11.3 Å². The molecule has 0 spiro atoms. The van der Waals surface area contributed by atoms with Gasteiger partial charge in [-0.05, 0) is 18.6 Å². The molecule has 4 heterocycles. The fourth-order valence-corrected chi connectivity index (χ4v) is 4.22. The largest absolute Gasteiger partial charge is 0.373 e. The molecule has 0 saturated carbocycles. The Labute approximate surface area is 152 Å². The number of fused-ring (bicyclic) bond motifs is 2. The molecule has 2 unspecified atom stereocenters. The van der Waals surface area contributed by atoms with Gasteiger partial charge in [0.2, 0.25) is 0 Å². The van der Waals surface area contributed by atoms with Crippen LogP contribution in [0.25, 0.3) is 11.0 Å². The van der Waals surface area contributed by atoms with Crippen molar-refractivity contribution in [3.8, 4) is 0 Å². The van der Waals surface area contributed by atoms with Crippen molar-refractivity contribution in [3.05, 3.63) is 54.0 Å². The van der Waals surface area contributed by atoms with Gasteiger partial charge in [0.05, 0.1) is 24.1 Å². The molecule has 26 heavy (non-hydrogen) atoms. The molecular formula is C20H23N5O. The fourth-order valence-electron chi connectivity index (χ4n) is 4.22. The number of hydrogen-bond donors (Lipinski definition) is 1. The summed E-state index contributed by atoms with van der Waals surface area (Å²) in [6.07, 6.45) is 2.17. The van der Waals surface area contributed by atoms with Crippen molar-refractivity contribution >= 4 is 16.9 Å². The molecule has 2 aromatic heterocycles. The number of nitrogens with zero attached hydrogens (tertiary/aromatic N) is 4. The first-order chi connectivity index (χ1) is 12.8. The number of ether oxygens (including phenoxy) is 1. The second-order valence-electron chi connectivity index (χ2n) is 7.17. The summed E-state index contributed by atoms with van der Waals surface area (Å²) in [5, 5.41) is 1.09. The van der Waals surface area contributed by atoms with Crippen LogP contribution >= 0.6 is 0 Å². The van der Waals surface area contributed by atoms with E-state index in [1.165, 1.54) is 5.56 Å². The van der Waals surface area contributed by atoms with Gasteiger partial charge in [-0.15, -0.1) is 0 Å². The molecule has 2 saturated heterocycles. The molecule has 1 aromatic carbocycles. The maximum absolute atomic E-state index is 6.11. The molecule has 6 heteroatoms. The topological polar surface area (TPSA) is 57.3 Å². The lowest BCUT2D eigenvalue weighted by atomic mass is 10.1. The lowest BCUT2D eigenvalue weighted by Gasteiger charge is -2.36. The second kappa shape index (κ2) is 6.37. The highest BCUT2D eigenvalue weighted by molar-refractivity contribution is 5.87. The predicted octanol–water partition coefficient (Wildman–Crippen LogP) is 2.36. The van der Waals surface area contributed by atoms with Gasteiger partial charge in [0.1, 0.15) is 17.3 Å². The minimum absolute atomic E-state index is 0.233. The van der Waals surface area contributed by atoms with Crippen LogP contribution in [0.4, 0.5) is 5.82 Å². The lowest BCUT2D eigenvalue weighted by molar-refractivity contribution is -0.0499. The number of anilines is 1. The van der Waals surface area contributed by atoms with Gasteiger partial charge in [0, 0.05) is 32.4 Å². The summed E-state index contributed by atoms with van der Waals surface area (Å²) >= 11 is 0. The Balaban J connectivity index is 1.41. The molecule has 0 amide bonds. The molecule has 2 aliphatic rings. The first-order valence-corrected chi connectivity index (χ1v) is 9.24. The summed E-state index contributed by atoms with van der Waals surface area (Å²) in [5.41, 5.74) is 2.27. The van der Waals surface area contributed by atoms with Crippen LogP contribution in [0.1, 0.15) is 11.4 Å². The average Bonchev–Trinajstić information content (AvgIpc) is 3.29. The number of aryl methyl sites for hydroxylation is 1. The Kier molecular flexibility index (Phi) is 3.87. The first kappa shape index (κ1) is 15.8. The van der Waals surface area contributed by atoms with Crippen molar-refractivity contribution in [2.24, 2.45) is 0 Å². The number of aromatic nitrogens is 3. The van der Waals surface area contributed by atoms with E-state index >= 15 is 0 Å². The van der Waals surface area contributed by atoms with E-state index in [-0.39, 0.29) is 6.10 Å². The van der Waals surface area contributed by atoms with Crippen LogP contribution in [0, 0.1) is 6.92 Å². The molecule has 2 atom stereocenters. The number of nitrogens with one attached hydrogen (secondary N) is 1. The zero-order valence-corrected chi connectivity index (χ0v) is 14.9. The van der Waals surface area contributed by atoms with Crippen LogP contribution in [0.3, 0.4) is 0 Å². The van der Waals surface area contributed by atoms with Gasteiger partial charge in [0.25, 0.3) is 0 Å². The standard InChI is InChI=1S/C20H23N5O/c1-14-22-19-16(7-8-21-19)20(23-14)25-12-17-18(13-25)26-10-9-24(17)11-15-5-3-2-4-6-15/h2-8,17-18H,9-13H2,1H3,(H,21,22,23). The highest BCUT2D eigenvalue weighted by Crippen LogP contribution is 2.31. The minimum atomic E-state index is 0.233. The Bertz CT molecular complexity index is 909. The smallest absolute Gasteiger partial charge is 0.143 e. The van der Waals surface area contributed by atoms with Gasteiger partial charge in [-0.25, -0.2) is 9.97 Å². The van der Waals surface area contributed by atoms with E-state index in [1.54, 1.807) is 0 Å². The number of H-pyrrole nitrogens is 1. The third-order valence-corrected chi connectivity index (χ3v) is 5.45. The van der Waals surface area contributed by atoms with Crippen molar-refractivity contribution in [1.29, 1.82) is 0 Å². The Morgan fingerprint density at radius 1 is 1.15 bits per heavy atom. The van der Waals surface area contributed by atoms with Gasteiger partial charge in [-0.1, -0.05) is 30.3 Å². The molecule has 2 fully saturated rings. The fraction of sp³-hybridized carbons (Fsp3) is 0.400. The number of benzene rings is 1. The van der Waals surface area contributed by atoms with Crippen LogP contribution in [0.2, 0.25) is 0 Å². The van der Waals surface area contributed by atoms with Crippen molar-refractivity contribution in [2.45, 2.75) is 25.6 Å². The average molecular weight is 349 g/mol. The van der Waals surface area contributed by atoms with Crippen LogP contribution in [0.15, 0.2) is 42.6 Å². The molecule has 5 rings (SSSR count). The Hall–Kier alpha value is -2.44. The molecule has 0 radical (unpaired) electrons. The molecule has 2 aliphatic heterocycles. The summed E-state index contributed by atoms with van der Waals surface area (Å²) in [7, 11) is 0. The molecular weight excluding hydrogens is 326 g/mol. The molecule has 0 aliphatic carbocycles. The molecule has 134 valence electrons. The molecule has 1 N–H and O–H groups in total. The predicted molar refractivity (Wildman–Crippen MR) is 101 cm³/mol. The maximum atomic E-state index is 6.11. The SMILES string of the molecule is Cc1nc(N2CC3OCCN(Cc4ccccc4)C3C2)c2cc[nH]c2n1. The van der Waals surface area contributed by atoms with E-state index < -0.39 is 0 Å². The van der Waals surface area contributed by atoms with Gasteiger partial charge < -0.3 is 14.6 Å². The summed E-state index contributed by atoms with van der Waals surface area (Å²) in [6.45, 7) is 6.52. The summed E-state index contributed by atoms with van der Waals surface area (Å²) in [4.78, 5) is 17.4.